The molecule has 3 nitrogen and oxygen atoms in total. The highest BCUT2D eigenvalue weighted by Crippen LogP contribution is 2.02. The van der Waals surface area contributed by atoms with E-state index in [4.69, 9.17) is 5.21 Å². The van der Waals surface area contributed by atoms with Crippen LogP contribution in [0, 0.1) is 5.82 Å². The lowest BCUT2D eigenvalue weighted by Crippen LogP contribution is -2.01. The Morgan fingerprint density at radius 2 is 2.00 bits per heavy atom. The molecule has 1 aromatic carbocycles. The maximum atomic E-state index is 12.4. The summed E-state index contributed by atoms with van der Waals surface area (Å²) in [7, 11) is 0. The van der Waals surface area contributed by atoms with Gasteiger partial charge >= 0.3 is 0 Å². The molecule has 1 rings (SSSR count). The maximum Gasteiger partial charge on any atom is 0.172 e. The number of carbonyl (C=O) groups excluding carboxylic acids is 1. The van der Waals surface area contributed by atoms with Crippen LogP contribution < -0.4 is 0 Å². The van der Waals surface area contributed by atoms with Crippen molar-refractivity contribution in [3.8, 4) is 0 Å². The van der Waals surface area contributed by atoms with Gasteiger partial charge in [0.05, 0.1) is 0 Å². The summed E-state index contributed by atoms with van der Waals surface area (Å²) in [5.41, 5.74) is 0.268. The van der Waals surface area contributed by atoms with Gasteiger partial charge in [-0.15, -0.1) is 0 Å². The van der Waals surface area contributed by atoms with Crippen LogP contribution in [0.25, 0.3) is 0 Å². The van der Waals surface area contributed by atoms with Crippen LogP contribution in [0.1, 0.15) is 5.56 Å². The Bertz CT molecular complexity index is 305. The van der Waals surface area contributed by atoms with Crippen LogP contribution in [-0.4, -0.2) is 17.2 Å². The minimum atomic E-state index is -0.401. The number of halogens is 1. The van der Waals surface area contributed by atoms with Crippen LogP contribution in [0.3, 0.4) is 0 Å². The van der Waals surface area contributed by atoms with Crippen molar-refractivity contribution in [1.82, 2.24) is 0 Å². The standard InChI is InChI=1S/C8H6FNO2/c9-7-3-1-6(2-4-7)8(5-11)10-12/h1-5,12H/b10-8-. The summed E-state index contributed by atoms with van der Waals surface area (Å²) < 4.78 is 12.4. The first kappa shape index (κ1) is 8.39. The zero-order valence-electron chi connectivity index (χ0n) is 6.07. The molecule has 0 fully saturated rings. The summed E-state index contributed by atoms with van der Waals surface area (Å²) in [6, 6.07) is 5.09. The predicted molar refractivity (Wildman–Crippen MR) is 40.8 cm³/mol. The van der Waals surface area contributed by atoms with Crippen LogP contribution in [0.5, 0.6) is 0 Å². The first-order valence-electron chi connectivity index (χ1n) is 3.21. The van der Waals surface area contributed by atoms with Crippen molar-refractivity contribution in [2.45, 2.75) is 0 Å². The lowest BCUT2D eigenvalue weighted by molar-refractivity contribution is -0.102. The van der Waals surface area contributed by atoms with E-state index in [1.54, 1.807) is 0 Å². The Morgan fingerprint density at radius 3 is 2.42 bits per heavy atom. The molecule has 12 heavy (non-hydrogen) atoms. The van der Waals surface area contributed by atoms with Gasteiger partial charge in [-0.1, -0.05) is 5.16 Å². The second kappa shape index (κ2) is 3.61. The Balaban J connectivity index is 3.04. The highest BCUT2D eigenvalue weighted by atomic mass is 19.1. The van der Waals surface area contributed by atoms with Gasteiger partial charge < -0.3 is 5.21 Å². The molecule has 0 aromatic heterocycles. The van der Waals surface area contributed by atoms with Crippen molar-refractivity contribution >= 4 is 12.0 Å². The molecule has 4 heteroatoms. The summed E-state index contributed by atoms with van der Waals surface area (Å²) in [6.45, 7) is 0. The van der Waals surface area contributed by atoms with E-state index >= 15 is 0 Å². The number of hydrogen-bond donors (Lipinski definition) is 1. The monoisotopic (exact) mass is 167 g/mol. The summed E-state index contributed by atoms with van der Waals surface area (Å²) in [5, 5.41) is 11.0. The van der Waals surface area contributed by atoms with Gasteiger partial charge in [0.15, 0.2) is 6.29 Å². The molecular weight excluding hydrogens is 161 g/mol. The van der Waals surface area contributed by atoms with E-state index in [0.29, 0.717) is 11.8 Å². The minimum Gasteiger partial charge on any atom is -0.410 e. The summed E-state index contributed by atoms with van der Waals surface area (Å²) in [6.07, 6.45) is 0.396. The van der Waals surface area contributed by atoms with E-state index in [-0.39, 0.29) is 5.71 Å². The zero-order valence-corrected chi connectivity index (χ0v) is 6.07. The van der Waals surface area contributed by atoms with Crippen LogP contribution in [0.2, 0.25) is 0 Å². The molecule has 0 aliphatic heterocycles. The van der Waals surface area contributed by atoms with Crippen molar-refractivity contribution in [2.24, 2.45) is 5.16 Å². The molecule has 0 atom stereocenters. The van der Waals surface area contributed by atoms with Gasteiger partial charge in [0.2, 0.25) is 0 Å². The fourth-order valence-electron chi connectivity index (χ4n) is 0.770. The van der Waals surface area contributed by atoms with Gasteiger partial charge in [-0.05, 0) is 24.3 Å². The molecular formula is C8H6FNO2. The average molecular weight is 167 g/mol. The Kier molecular flexibility index (Phi) is 2.53. The third-order valence-electron chi connectivity index (χ3n) is 1.36. The number of nitrogens with zero attached hydrogens (tertiary/aromatic N) is 1. The van der Waals surface area contributed by atoms with Gasteiger partial charge in [0, 0.05) is 5.56 Å². The molecule has 62 valence electrons. The lowest BCUT2D eigenvalue weighted by atomic mass is 10.1. The van der Waals surface area contributed by atoms with E-state index in [0.717, 1.165) is 0 Å². The molecule has 0 radical (unpaired) electrons. The van der Waals surface area contributed by atoms with Crippen molar-refractivity contribution in [1.29, 1.82) is 0 Å². The summed E-state index contributed by atoms with van der Waals surface area (Å²) >= 11 is 0. The van der Waals surface area contributed by atoms with E-state index in [1.807, 2.05) is 0 Å². The second-order valence-corrected chi connectivity index (χ2v) is 2.11. The third-order valence-corrected chi connectivity index (χ3v) is 1.36. The molecule has 0 amide bonds. The molecule has 0 bridgehead atoms. The first-order valence-corrected chi connectivity index (χ1v) is 3.21. The van der Waals surface area contributed by atoms with E-state index < -0.39 is 5.82 Å². The average Bonchev–Trinajstić information content (AvgIpc) is 2.10. The van der Waals surface area contributed by atoms with Gasteiger partial charge in [0.25, 0.3) is 0 Å². The van der Waals surface area contributed by atoms with Gasteiger partial charge in [0.1, 0.15) is 11.5 Å². The molecule has 1 aromatic rings. The third kappa shape index (κ3) is 1.66. The van der Waals surface area contributed by atoms with Crippen LogP contribution in [-0.2, 0) is 4.79 Å². The number of oxime groups is 1. The highest BCUT2D eigenvalue weighted by molar-refractivity contribution is 6.36. The Hall–Kier alpha value is -1.71. The fourth-order valence-corrected chi connectivity index (χ4v) is 0.770. The quantitative estimate of drug-likeness (QED) is 0.311. The smallest absolute Gasteiger partial charge is 0.172 e. The van der Waals surface area contributed by atoms with Crippen LogP contribution in [0.15, 0.2) is 29.4 Å². The van der Waals surface area contributed by atoms with Gasteiger partial charge in [-0.25, -0.2) is 4.39 Å². The molecule has 0 spiro atoms. The zero-order chi connectivity index (χ0) is 8.97. The largest absolute Gasteiger partial charge is 0.410 e. The van der Waals surface area contributed by atoms with Crippen molar-refractivity contribution in [3.05, 3.63) is 35.6 Å². The Labute approximate surface area is 68.1 Å². The summed E-state index contributed by atoms with van der Waals surface area (Å²) in [5.74, 6) is -0.401. The molecule has 0 heterocycles. The van der Waals surface area contributed by atoms with Crippen molar-refractivity contribution in [2.75, 3.05) is 0 Å². The number of carbonyl (C=O) groups is 1. The van der Waals surface area contributed by atoms with Gasteiger partial charge in [-0.2, -0.15) is 0 Å². The SMILES string of the molecule is O=C/C(=N/O)c1ccc(F)cc1. The number of rotatable bonds is 2. The molecule has 0 aliphatic rings. The lowest BCUT2D eigenvalue weighted by Gasteiger charge is -1.94. The number of hydrogen-bond acceptors (Lipinski definition) is 3. The molecule has 0 saturated carbocycles. The summed E-state index contributed by atoms with van der Waals surface area (Å²) in [4.78, 5) is 10.2. The fraction of sp³-hybridized carbons (Fsp3) is 0. The highest BCUT2D eigenvalue weighted by Gasteiger charge is 2.01. The van der Waals surface area contributed by atoms with Crippen molar-refractivity contribution < 1.29 is 14.4 Å². The second-order valence-electron chi connectivity index (χ2n) is 2.11. The first-order chi connectivity index (χ1) is 5.77. The molecule has 1 N–H and O–H groups in total. The van der Waals surface area contributed by atoms with E-state index in [1.165, 1.54) is 24.3 Å². The normalized spacial score (nSPS) is 11.2. The van der Waals surface area contributed by atoms with Gasteiger partial charge in [-0.3, -0.25) is 4.79 Å². The van der Waals surface area contributed by atoms with Crippen molar-refractivity contribution in [3.63, 3.8) is 0 Å². The molecule has 0 saturated heterocycles. The number of aldehydes is 1. The molecule has 0 unspecified atom stereocenters. The van der Waals surface area contributed by atoms with E-state index in [2.05, 4.69) is 5.16 Å². The number of benzene rings is 1. The molecule has 0 aliphatic carbocycles. The topological polar surface area (TPSA) is 49.7 Å². The maximum absolute atomic E-state index is 12.4. The minimum absolute atomic E-state index is 0.116. The van der Waals surface area contributed by atoms with Crippen LogP contribution >= 0.6 is 0 Å². The predicted octanol–water partition coefficient (Wildman–Crippen LogP) is 1.20. The van der Waals surface area contributed by atoms with Crippen LogP contribution in [0.4, 0.5) is 4.39 Å². The Morgan fingerprint density at radius 1 is 1.42 bits per heavy atom. The van der Waals surface area contributed by atoms with E-state index in [9.17, 15) is 9.18 Å².